The third kappa shape index (κ3) is 5.88. The van der Waals surface area contributed by atoms with Gasteiger partial charge in [0.15, 0.2) is 18.0 Å². The molecule has 220 valence electrons. The van der Waals surface area contributed by atoms with E-state index in [1.807, 2.05) is 4.98 Å². The van der Waals surface area contributed by atoms with Gasteiger partial charge in [0.2, 0.25) is 13.6 Å². The number of hydrogen-bond donors (Lipinski definition) is 2. The molecule has 1 aliphatic carbocycles. The van der Waals surface area contributed by atoms with Gasteiger partial charge in [-0.1, -0.05) is 6.92 Å². The maximum Gasteiger partial charge on any atom is 0.481 e. The first kappa shape index (κ1) is 31.1. The average molecular weight is 580 g/mol. The second kappa shape index (κ2) is 10.5. The van der Waals surface area contributed by atoms with Gasteiger partial charge in [-0.25, -0.2) is 22.8 Å². The number of phosphoric acid groups is 1. The quantitative estimate of drug-likeness (QED) is 0.233. The number of fused-ring (bicyclic) bond motifs is 1. The van der Waals surface area contributed by atoms with Crippen molar-refractivity contribution in [1.29, 1.82) is 0 Å². The largest absolute Gasteiger partial charge is 0.481 e. The minimum Gasteiger partial charge on any atom is -0.437 e. The Labute approximate surface area is 223 Å². The molecule has 1 unspecified atom stereocenters. The fourth-order valence-electron chi connectivity index (χ4n) is 4.00. The van der Waals surface area contributed by atoms with Crippen molar-refractivity contribution >= 4 is 19.8 Å². The Morgan fingerprint density at radius 3 is 2.03 bits per heavy atom. The van der Waals surface area contributed by atoms with E-state index in [1.54, 1.807) is 41.5 Å². The summed E-state index contributed by atoms with van der Waals surface area (Å²) in [6, 6.07) is 0.978. The molecule has 39 heavy (non-hydrogen) atoms. The number of carbonyl (C=O) groups is 2. The molecule has 1 saturated carbocycles. The summed E-state index contributed by atoms with van der Waals surface area (Å²) in [5.74, 6) is -1.41. The van der Waals surface area contributed by atoms with Crippen molar-refractivity contribution in [2.24, 2.45) is 10.8 Å². The van der Waals surface area contributed by atoms with E-state index in [4.69, 9.17) is 27.8 Å². The normalized spacial score (nSPS) is 28.6. The minimum absolute atomic E-state index is 0.0682. The van der Waals surface area contributed by atoms with Gasteiger partial charge in [0.1, 0.15) is 11.7 Å². The number of phosphoric ester groups is 1. The smallest absolute Gasteiger partial charge is 0.437 e. The monoisotopic (exact) mass is 580 g/mol. The first-order valence-corrected chi connectivity index (χ1v) is 13.6. The lowest BCUT2D eigenvalue weighted by Crippen LogP contribution is -2.40. The summed E-state index contributed by atoms with van der Waals surface area (Å²) >= 11 is 0. The summed E-state index contributed by atoms with van der Waals surface area (Å²) in [5, 5.41) is 11.2. The number of aliphatic hydroxyl groups is 1. The Balaban J connectivity index is 1.80. The van der Waals surface area contributed by atoms with Crippen molar-refractivity contribution in [3.05, 3.63) is 33.1 Å². The lowest BCUT2D eigenvalue weighted by atomic mass is 9.98. The van der Waals surface area contributed by atoms with Gasteiger partial charge in [0.05, 0.1) is 10.8 Å². The highest BCUT2D eigenvalue weighted by molar-refractivity contribution is 7.48. The van der Waals surface area contributed by atoms with Crippen molar-refractivity contribution in [2.45, 2.75) is 84.6 Å². The summed E-state index contributed by atoms with van der Waals surface area (Å²) in [7, 11) is -4.79. The number of aromatic nitrogens is 2. The second-order valence-electron chi connectivity index (χ2n) is 11.3. The molecule has 0 radical (unpaired) electrons. The fourth-order valence-corrected chi connectivity index (χ4v) is 5.15. The van der Waals surface area contributed by atoms with Crippen LogP contribution >= 0.6 is 7.82 Å². The van der Waals surface area contributed by atoms with Crippen LogP contribution in [0.1, 0.15) is 61.1 Å². The molecule has 2 fully saturated rings. The van der Waals surface area contributed by atoms with E-state index in [0.717, 1.165) is 16.8 Å². The van der Waals surface area contributed by atoms with E-state index in [1.165, 1.54) is 6.92 Å². The van der Waals surface area contributed by atoms with Crippen molar-refractivity contribution in [1.82, 2.24) is 9.55 Å². The number of esters is 2. The molecule has 0 spiro atoms. The minimum atomic E-state index is -4.79. The number of ether oxygens (including phenoxy) is 3. The van der Waals surface area contributed by atoms with Gasteiger partial charge in [-0.05, 0) is 48.0 Å². The number of alkyl halides is 1. The van der Waals surface area contributed by atoms with E-state index in [0.29, 0.717) is 0 Å². The van der Waals surface area contributed by atoms with Crippen LogP contribution in [0, 0.1) is 10.8 Å². The molecule has 5 atom stereocenters. The maximum absolute atomic E-state index is 15.6. The maximum atomic E-state index is 15.6. The van der Waals surface area contributed by atoms with Gasteiger partial charge in [0, 0.05) is 12.3 Å². The van der Waals surface area contributed by atoms with E-state index in [9.17, 15) is 28.8 Å². The highest BCUT2D eigenvalue weighted by atomic mass is 31.2. The number of nitrogens with one attached hydrogen (secondary N) is 1. The lowest BCUT2D eigenvalue weighted by Gasteiger charge is -2.26. The van der Waals surface area contributed by atoms with Crippen LogP contribution in [0.3, 0.4) is 0 Å². The van der Waals surface area contributed by atoms with Crippen molar-refractivity contribution < 1.29 is 51.4 Å². The van der Waals surface area contributed by atoms with E-state index >= 15 is 4.39 Å². The molecule has 1 aliphatic heterocycles. The van der Waals surface area contributed by atoms with Crippen molar-refractivity contribution in [3.63, 3.8) is 0 Å². The molecule has 16 heteroatoms. The van der Waals surface area contributed by atoms with Gasteiger partial charge in [-0.15, -0.1) is 0 Å². The molecule has 2 aliphatic rings. The van der Waals surface area contributed by atoms with Crippen LogP contribution in [0.2, 0.25) is 0 Å². The number of halogens is 1. The van der Waals surface area contributed by atoms with E-state index in [-0.39, 0.29) is 6.42 Å². The summed E-state index contributed by atoms with van der Waals surface area (Å²) in [6.45, 7) is 9.16. The predicted octanol–water partition coefficient (Wildman–Crippen LogP) is 1.92. The summed E-state index contributed by atoms with van der Waals surface area (Å²) in [5.41, 5.74) is -7.72. The van der Waals surface area contributed by atoms with Gasteiger partial charge in [-0.3, -0.25) is 28.5 Å². The molecule has 2 heterocycles. The number of H-pyrrole nitrogens is 1. The molecule has 0 aromatic carbocycles. The van der Waals surface area contributed by atoms with Gasteiger partial charge in [-0.2, -0.15) is 0 Å². The Bertz CT molecular complexity index is 1230. The van der Waals surface area contributed by atoms with Gasteiger partial charge in [0.25, 0.3) is 5.56 Å². The first-order valence-electron chi connectivity index (χ1n) is 12.1. The number of hydrogen-bond acceptors (Lipinski definition) is 12. The Morgan fingerprint density at radius 2 is 1.62 bits per heavy atom. The lowest BCUT2D eigenvalue weighted by molar-refractivity contribution is -0.164. The fraction of sp³-hybridized carbons (Fsp3) is 0.739. The van der Waals surface area contributed by atoms with Crippen molar-refractivity contribution in [2.75, 3.05) is 13.6 Å². The van der Waals surface area contributed by atoms with Gasteiger partial charge < -0.3 is 19.3 Å². The second-order valence-corrected chi connectivity index (χ2v) is 12.9. The Morgan fingerprint density at radius 1 is 1.10 bits per heavy atom. The molecule has 1 aromatic rings. The Kier molecular flexibility index (Phi) is 8.40. The molecule has 1 saturated heterocycles. The summed E-state index contributed by atoms with van der Waals surface area (Å²) in [6.07, 6.45) is -4.60. The number of carbonyl (C=O) groups excluding carboxylic acids is 2. The number of aromatic amines is 1. The first-order chi connectivity index (χ1) is 17.8. The molecular weight excluding hydrogens is 546 g/mol. The van der Waals surface area contributed by atoms with Crippen LogP contribution in [0.5, 0.6) is 0 Å². The zero-order valence-corrected chi connectivity index (χ0v) is 23.6. The van der Waals surface area contributed by atoms with Crippen LogP contribution in [0.25, 0.3) is 0 Å². The number of nitrogens with zero attached hydrogens (tertiary/aromatic N) is 1. The standard InChI is InChI=1S/C23H34FN2O12P/c1-8-22-16(23(22,31)14(24)15(37-22)26-10-9-13(27)25-19(26)30)38-39(32,35-11-33-17(28)20(2,3)4)36-12-34-18(29)21(5,6)7/h9-10,14-16,31H,8,11-12H2,1-7H3,(H,25,27,30)/t14-,15+,16?,22+,23+/m0/s1. The molecule has 1 aromatic heterocycles. The molecular formula is C23H34FN2O12P. The van der Waals surface area contributed by atoms with Crippen LogP contribution in [0.15, 0.2) is 21.9 Å². The molecule has 0 bridgehead atoms. The van der Waals surface area contributed by atoms with Crippen LogP contribution in [0.4, 0.5) is 4.39 Å². The molecule has 0 amide bonds. The van der Waals surface area contributed by atoms with Crippen LogP contribution in [-0.2, 0) is 41.9 Å². The van der Waals surface area contributed by atoms with Gasteiger partial charge >= 0.3 is 25.5 Å². The highest BCUT2D eigenvalue weighted by Crippen LogP contribution is 2.70. The Hall–Kier alpha value is -2.42. The predicted molar refractivity (Wildman–Crippen MR) is 130 cm³/mol. The van der Waals surface area contributed by atoms with E-state index < -0.39 is 85.1 Å². The molecule has 14 nitrogen and oxygen atoms in total. The van der Waals surface area contributed by atoms with Crippen molar-refractivity contribution in [3.8, 4) is 0 Å². The average Bonchev–Trinajstić information content (AvgIpc) is 3.21. The van der Waals surface area contributed by atoms with E-state index in [2.05, 4.69) is 0 Å². The topological polar surface area (TPSA) is 182 Å². The third-order valence-electron chi connectivity index (χ3n) is 6.33. The molecule has 2 N–H and O–H groups in total. The third-order valence-corrected chi connectivity index (χ3v) is 7.64. The summed E-state index contributed by atoms with van der Waals surface area (Å²) < 4.78 is 61.0. The SMILES string of the molecule is CC[C@]12O[C@@H](n3ccc(=O)[nH]c3=O)[C@H](F)[C@@]1(O)C2OP(=O)(OCOC(=O)C(C)(C)C)OCOC(=O)C(C)(C)C. The summed E-state index contributed by atoms with van der Waals surface area (Å²) in [4.78, 5) is 49.6. The zero-order valence-electron chi connectivity index (χ0n) is 22.7. The molecule has 3 rings (SSSR count). The highest BCUT2D eigenvalue weighted by Gasteiger charge is 2.89. The number of rotatable bonds is 10. The van der Waals surface area contributed by atoms with Crippen LogP contribution in [-0.4, -0.2) is 63.7 Å². The van der Waals surface area contributed by atoms with Crippen LogP contribution < -0.4 is 11.2 Å². The zero-order chi connectivity index (χ0) is 29.6.